The molecule has 0 atom stereocenters. The highest BCUT2D eigenvalue weighted by atomic mass is 19.1. The van der Waals surface area contributed by atoms with Crippen molar-refractivity contribution in [1.29, 1.82) is 0 Å². The quantitative estimate of drug-likeness (QED) is 0.849. The number of halogens is 2. The van der Waals surface area contributed by atoms with Gasteiger partial charge in [0, 0.05) is 24.1 Å². The Hall–Kier alpha value is -0.960. The normalized spacial score (nSPS) is 18.2. The molecule has 1 aliphatic rings. The van der Waals surface area contributed by atoms with Crippen LogP contribution in [0.15, 0.2) is 18.2 Å². The maximum absolute atomic E-state index is 13.3. The van der Waals surface area contributed by atoms with Gasteiger partial charge in [-0.25, -0.2) is 8.78 Å². The van der Waals surface area contributed by atoms with Crippen molar-refractivity contribution in [3.8, 4) is 0 Å². The Morgan fingerprint density at radius 3 is 2.18 bits per heavy atom. The lowest BCUT2D eigenvalue weighted by atomic mass is 9.64. The van der Waals surface area contributed by atoms with E-state index in [1.54, 1.807) is 0 Å². The van der Waals surface area contributed by atoms with Crippen molar-refractivity contribution in [2.24, 2.45) is 0 Å². The SMILES string of the molecule is CC(C)NCC1(c2cc(F)cc(F)c2)CCC1. The molecule has 2 rings (SSSR count). The maximum atomic E-state index is 13.3. The standard InChI is InChI=1S/C14H19F2N/c1-10(2)17-9-14(4-3-5-14)11-6-12(15)8-13(16)7-11/h6-8,10,17H,3-5,9H2,1-2H3. The molecule has 17 heavy (non-hydrogen) atoms. The first-order valence-corrected chi connectivity index (χ1v) is 6.22. The first kappa shape index (κ1) is 12.5. The first-order chi connectivity index (χ1) is 8.02. The lowest BCUT2D eigenvalue weighted by Gasteiger charge is -2.43. The molecule has 3 heteroatoms. The van der Waals surface area contributed by atoms with Gasteiger partial charge in [0.2, 0.25) is 0 Å². The second-order valence-corrected chi connectivity index (χ2v) is 5.33. The minimum absolute atomic E-state index is 0.0623. The Bertz CT molecular complexity index is 377. The summed E-state index contributed by atoms with van der Waals surface area (Å²) in [4.78, 5) is 0. The number of hydrogen-bond acceptors (Lipinski definition) is 1. The fraction of sp³-hybridized carbons (Fsp3) is 0.571. The van der Waals surface area contributed by atoms with Crippen LogP contribution in [-0.4, -0.2) is 12.6 Å². The van der Waals surface area contributed by atoms with Crippen LogP contribution in [0.1, 0.15) is 38.7 Å². The second-order valence-electron chi connectivity index (χ2n) is 5.33. The van der Waals surface area contributed by atoms with Crippen LogP contribution in [0.4, 0.5) is 8.78 Å². The molecule has 0 spiro atoms. The molecule has 1 saturated carbocycles. The Balaban J connectivity index is 2.21. The summed E-state index contributed by atoms with van der Waals surface area (Å²) in [6, 6.07) is 4.28. The summed E-state index contributed by atoms with van der Waals surface area (Å²) < 4.78 is 26.5. The van der Waals surface area contributed by atoms with Gasteiger partial charge in [0.15, 0.2) is 0 Å². The van der Waals surface area contributed by atoms with E-state index in [0.717, 1.165) is 37.4 Å². The van der Waals surface area contributed by atoms with E-state index in [-0.39, 0.29) is 5.41 Å². The van der Waals surface area contributed by atoms with E-state index >= 15 is 0 Å². The Morgan fingerprint density at radius 1 is 1.18 bits per heavy atom. The topological polar surface area (TPSA) is 12.0 Å². The molecular formula is C14H19F2N. The second kappa shape index (κ2) is 4.73. The summed E-state index contributed by atoms with van der Waals surface area (Å²) >= 11 is 0. The molecule has 0 aliphatic heterocycles. The summed E-state index contributed by atoms with van der Waals surface area (Å²) in [6.07, 6.45) is 3.16. The summed E-state index contributed by atoms with van der Waals surface area (Å²) in [7, 11) is 0. The lowest BCUT2D eigenvalue weighted by Crippen LogP contribution is -2.45. The van der Waals surface area contributed by atoms with Crippen LogP contribution in [0.5, 0.6) is 0 Å². The predicted octanol–water partition coefficient (Wildman–Crippen LogP) is 3.38. The van der Waals surface area contributed by atoms with Crippen LogP contribution in [0.3, 0.4) is 0 Å². The molecule has 0 saturated heterocycles. The largest absolute Gasteiger partial charge is 0.314 e. The number of hydrogen-bond donors (Lipinski definition) is 1. The molecule has 1 aliphatic carbocycles. The van der Waals surface area contributed by atoms with Crippen molar-refractivity contribution in [3.63, 3.8) is 0 Å². The van der Waals surface area contributed by atoms with Gasteiger partial charge in [-0.2, -0.15) is 0 Å². The van der Waals surface area contributed by atoms with E-state index in [0.29, 0.717) is 6.04 Å². The Labute approximate surface area is 101 Å². The van der Waals surface area contributed by atoms with Crippen LogP contribution in [-0.2, 0) is 5.41 Å². The van der Waals surface area contributed by atoms with Crippen molar-refractivity contribution < 1.29 is 8.78 Å². The molecule has 1 aromatic carbocycles. The molecule has 0 heterocycles. The third-order valence-electron chi connectivity index (χ3n) is 3.63. The van der Waals surface area contributed by atoms with Crippen LogP contribution >= 0.6 is 0 Å². The van der Waals surface area contributed by atoms with Crippen molar-refractivity contribution in [1.82, 2.24) is 5.32 Å². The van der Waals surface area contributed by atoms with E-state index < -0.39 is 11.6 Å². The van der Waals surface area contributed by atoms with Gasteiger partial charge in [-0.1, -0.05) is 20.3 Å². The maximum Gasteiger partial charge on any atom is 0.126 e. The summed E-state index contributed by atoms with van der Waals surface area (Å²) in [6.45, 7) is 4.96. The fourth-order valence-corrected chi connectivity index (χ4v) is 2.43. The van der Waals surface area contributed by atoms with Gasteiger partial charge in [0.05, 0.1) is 0 Å². The molecule has 1 nitrogen and oxygen atoms in total. The smallest absolute Gasteiger partial charge is 0.126 e. The highest BCUT2D eigenvalue weighted by molar-refractivity contribution is 5.30. The van der Waals surface area contributed by atoms with Gasteiger partial charge >= 0.3 is 0 Å². The van der Waals surface area contributed by atoms with E-state index in [2.05, 4.69) is 19.2 Å². The van der Waals surface area contributed by atoms with Crippen molar-refractivity contribution in [2.75, 3.05) is 6.54 Å². The molecule has 1 aromatic rings. The molecule has 1 N–H and O–H groups in total. The molecular weight excluding hydrogens is 220 g/mol. The van der Waals surface area contributed by atoms with E-state index in [4.69, 9.17) is 0 Å². The van der Waals surface area contributed by atoms with Crippen LogP contribution in [0.2, 0.25) is 0 Å². The third kappa shape index (κ3) is 2.65. The number of benzene rings is 1. The fourth-order valence-electron chi connectivity index (χ4n) is 2.43. The molecule has 0 aromatic heterocycles. The Kier molecular flexibility index (Phi) is 3.48. The first-order valence-electron chi connectivity index (χ1n) is 6.22. The van der Waals surface area contributed by atoms with Gasteiger partial charge in [0.1, 0.15) is 11.6 Å². The summed E-state index contributed by atoms with van der Waals surface area (Å²) in [5, 5.41) is 3.38. The molecule has 1 fully saturated rings. The van der Waals surface area contributed by atoms with Crippen molar-refractivity contribution in [3.05, 3.63) is 35.4 Å². The van der Waals surface area contributed by atoms with E-state index in [1.807, 2.05) is 0 Å². The molecule has 0 radical (unpaired) electrons. The number of nitrogens with one attached hydrogen (secondary N) is 1. The average molecular weight is 239 g/mol. The van der Waals surface area contributed by atoms with Crippen molar-refractivity contribution >= 4 is 0 Å². The zero-order valence-electron chi connectivity index (χ0n) is 10.4. The van der Waals surface area contributed by atoms with Gasteiger partial charge in [-0.3, -0.25) is 0 Å². The molecule has 94 valence electrons. The average Bonchev–Trinajstić information content (AvgIpc) is 2.13. The van der Waals surface area contributed by atoms with Gasteiger partial charge < -0.3 is 5.32 Å². The molecule has 0 bridgehead atoms. The van der Waals surface area contributed by atoms with Crippen molar-refractivity contribution in [2.45, 2.75) is 44.6 Å². The van der Waals surface area contributed by atoms with Gasteiger partial charge in [-0.15, -0.1) is 0 Å². The third-order valence-corrected chi connectivity index (χ3v) is 3.63. The summed E-state index contributed by atoms with van der Waals surface area (Å²) in [5.74, 6) is -0.952. The van der Waals surface area contributed by atoms with E-state index in [1.165, 1.54) is 12.1 Å². The Morgan fingerprint density at radius 2 is 1.76 bits per heavy atom. The van der Waals surface area contributed by atoms with Crippen LogP contribution < -0.4 is 5.32 Å². The molecule has 0 amide bonds. The highest BCUT2D eigenvalue weighted by Crippen LogP contribution is 2.43. The molecule has 0 unspecified atom stereocenters. The highest BCUT2D eigenvalue weighted by Gasteiger charge is 2.38. The van der Waals surface area contributed by atoms with Crippen LogP contribution in [0.25, 0.3) is 0 Å². The number of rotatable bonds is 4. The predicted molar refractivity (Wildman–Crippen MR) is 65.0 cm³/mol. The van der Waals surface area contributed by atoms with Crippen LogP contribution in [0, 0.1) is 11.6 Å². The minimum Gasteiger partial charge on any atom is -0.314 e. The zero-order chi connectivity index (χ0) is 12.5. The van der Waals surface area contributed by atoms with E-state index in [9.17, 15) is 8.78 Å². The zero-order valence-corrected chi connectivity index (χ0v) is 10.4. The van der Waals surface area contributed by atoms with Gasteiger partial charge in [0.25, 0.3) is 0 Å². The van der Waals surface area contributed by atoms with Gasteiger partial charge in [-0.05, 0) is 30.5 Å². The summed E-state index contributed by atoms with van der Waals surface area (Å²) in [5.41, 5.74) is 0.738. The minimum atomic E-state index is -0.476. The monoisotopic (exact) mass is 239 g/mol. The lowest BCUT2D eigenvalue weighted by molar-refractivity contribution is 0.227.